The van der Waals surface area contributed by atoms with Gasteiger partial charge in [-0.3, -0.25) is 19.6 Å². The largest absolute Gasteiger partial charge is 0.375 e. The van der Waals surface area contributed by atoms with Crippen molar-refractivity contribution < 1.29 is 14.3 Å². The van der Waals surface area contributed by atoms with Gasteiger partial charge in [0.1, 0.15) is 5.69 Å². The van der Waals surface area contributed by atoms with Gasteiger partial charge >= 0.3 is 0 Å². The van der Waals surface area contributed by atoms with Crippen LogP contribution in [0.15, 0.2) is 6.07 Å². The standard InChI is InChI=1S/C17H27N5O3/c1-2-13-10-22(6-7-25-13)16(23)11-21-5-3-4-12(9-21)14-8-15(17(18)24)20-19-14/h8,12-13H,2-7,9-11H2,1H3,(H2,18,24)(H,19,20). The van der Waals surface area contributed by atoms with Gasteiger partial charge in [-0.25, -0.2) is 0 Å². The summed E-state index contributed by atoms with van der Waals surface area (Å²) < 4.78 is 5.64. The van der Waals surface area contributed by atoms with Gasteiger partial charge in [0, 0.05) is 31.2 Å². The molecule has 1 aromatic rings. The van der Waals surface area contributed by atoms with Crippen LogP contribution < -0.4 is 5.73 Å². The fraction of sp³-hybridized carbons (Fsp3) is 0.706. The maximum Gasteiger partial charge on any atom is 0.269 e. The van der Waals surface area contributed by atoms with Crippen LogP contribution in [-0.4, -0.2) is 77.2 Å². The lowest BCUT2D eigenvalue weighted by molar-refractivity contribution is -0.140. The first-order valence-electron chi connectivity index (χ1n) is 9.03. The summed E-state index contributed by atoms with van der Waals surface area (Å²) in [6, 6.07) is 1.73. The van der Waals surface area contributed by atoms with E-state index in [-0.39, 0.29) is 23.6 Å². The second-order valence-electron chi connectivity index (χ2n) is 6.89. The molecule has 2 fully saturated rings. The maximum absolute atomic E-state index is 12.6. The number of hydrogen-bond donors (Lipinski definition) is 2. The number of aromatic amines is 1. The first kappa shape index (κ1) is 17.9. The van der Waals surface area contributed by atoms with E-state index in [1.165, 1.54) is 0 Å². The van der Waals surface area contributed by atoms with Crippen molar-refractivity contribution >= 4 is 11.8 Å². The van der Waals surface area contributed by atoms with E-state index >= 15 is 0 Å². The van der Waals surface area contributed by atoms with Crippen LogP contribution in [0, 0.1) is 0 Å². The number of aromatic nitrogens is 2. The molecule has 3 heterocycles. The monoisotopic (exact) mass is 349 g/mol. The van der Waals surface area contributed by atoms with Crippen molar-refractivity contribution in [2.75, 3.05) is 39.3 Å². The molecule has 3 rings (SSSR count). The third kappa shape index (κ3) is 4.38. The number of rotatable bonds is 5. The molecule has 2 aliphatic heterocycles. The topological polar surface area (TPSA) is 105 Å². The van der Waals surface area contributed by atoms with Crippen molar-refractivity contribution in [3.8, 4) is 0 Å². The normalized spacial score (nSPS) is 25.1. The number of nitrogens with one attached hydrogen (secondary N) is 1. The van der Waals surface area contributed by atoms with Crippen molar-refractivity contribution in [2.24, 2.45) is 5.73 Å². The van der Waals surface area contributed by atoms with Gasteiger partial charge in [0.25, 0.3) is 5.91 Å². The average molecular weight is 349 g/mol. The Bertz CT molecular complexity index is 617. The highest BCUT2D eigenvalue weighted by Crippen LogP contribution is 2.26. The number of amides is 2. The van der Waals surface area contributed by atoms with Crippen LogP contribution in [0.5, 0.6) is 0 Å². The molecular formula is C17H27N5O3. The van der Waals surface area contributed by atoms with E-state index in [0.717, 1.165) is 38.0 Å². The molecule has 0 aliphatic carbocycles. The lowest BCUT2D eigenvalue weighted by Gasteiger charge is -2.36. The number of likely N-dealkylation sites (tertiary alicyclic amines) is 1. The van der Waals surface area contributed by atoms with Crippen molar-refractivity contribution in [1.82, 2.24) is 20.0 Å². The lowest BCUT2D eigenvalue weighted by atomic mass is 9.94. The summed E-state index contributed by atoms with van der Waals surface area (Å²) in [4.78, 5) is 27.9. The van der Waals surface area contributed by atoms with E-state index in [0.29, 0.717) is 26.2 Å². The van der Waals surface area contributed by atoms with Gasteiger partial charge < -0.3 is 15.4 Å². The second-order valence-corrected chi connectivity index (χ2v) is 6.89. The third-order valence-electron chi connectivity index (χ3n) is 5.10. The highest BCUT2D eigenvalue weighted by molar-refractivity contribution is 5.90. The highest BCUT2D eigenvalue weighted by atomic mass is 16.5. The summed E-state index contributed by atoms with van der Waals surface area (Å²) in [5.74, 6) is -0.108. The van der Waals surface area contributed by atoms with E-state index in [2.05, 4.69) is 22.0 Å². The Labute approximate surface area is 147 Å². The molecule has 8 nitrogen and oxygen atoms in total. The zero-order valence-corrected chi connectivity index (χ0v) is 14.7. The number of H-pyrrole nitrogens is 1. The summed E-state index contributed by atoms with van der Waals surface area (Å²) in [6.07, 6.45) is 3.12. The van der Waals surface area contributed by atoms with Crippen LogP contribution >= 0.6 is 0 Å². The minimum atomic E-state index is -0.525. The highest BCUT2D eigenvalue weighted by Gasteiger charge is 2.28. The van der Waals surface area contributed by atoms with Crippen LogP contribution in [0.25, 0.3) is 0 Å². The molecule has 0 spiro atoms. The van der Waals surface area contributed by atoms with Crippen molar-refractivity contribution in [3.63, 3.8) is 0 Å². The molecule has 2 atom stereocenters. The van der Waals surface area contributed by atoms with Crippen LogP contribution in [0.3, 0.4) is 0 Å². The number of carbonyl (C=O) groups is 2. The molecule has 0 bridgehead atoms. The van der Waals surface area contributed by atoms with Crippen LogP contribution in [0.2, 0.25) is 0 Å². The molecule has 2 aliphatic rings. The molecule has 2 amide bonds. The number of piperidine rings is 1. The predicted molar refractivity (Wildman–Crippen MR) is 92.1 cm³/mol. The molecule has 0 radical (unpaired) electrons. The van der Waals surface area contributed by atoms with E-state index in [9.17, 15) is 9.59 Å². The van der Waals surface area contributed by atoms with E-state index in [4.69, 9.17) is 10.5 Å². The van der Waals surface area contributed by atoms with Gasteiger partial charge in [-0.05, 0) is 31.9 Å². The summed E-state index contributed by atoms with van der Waals surface area (Å²) >= 11 is 0. The fourth-order valence-corrected chi connectivity index (χ4v) is 3.61. The summed E-state index contributed by atoms with van der Waals surface area (Å²) in [6.45, 7) is 6.21. The SMILES string of the molecule is CCC1CN(C(=O)CN2CCCC(c3cc(C(N)=O)n[nH]3)C2)CCO1. The Morgan fingerprint density at radius 1 is 1.40 bits per heavy atom. The molecule has 0 saturated carbocycles. The van der Waals surface area contributed by atoms with Gasteiger partial charge in [0.05, 0.1) is 19.3 Å². The van der Waals surface area contributed by atoms with E-state index in [1.54, 1.807) is 6.07 Å². The van der Waals surface area contributed by atoms with Gasteiger partial charge in [-0.15, -0.1) is 0 Å². The molecule has 25 heavy (non-hydrogen) atoms. The Kier molecular flexibility index (Phi) is 5.70. The van der Waals surface area contributed by atoms with E-state index in [1.807, 2.05) is 4.90 Å². The minimum absolute atomic E-state index is 0.156. The molecule has 138 valence electrons. The molecule has 3 N–H and O–H groups in total. The Hall–Kier alpha value is -1.93. The van der Waals surface area contributed by atoms with Crippen molar-refractivity contribution in [1.29, 1.82) is 0 Å². The summed E-state index contributed by atoms with van der Waals surface area (Å²) in [5.41, 5.74) is 6.45. The number of primary amides is 1. The van der Waals surface area contributed by atoms with Crippen LogP contribution in [0.4, 0.5) is 0 Å². The van der Waals surface area contributed by atoms with Crippen LogP contribution in [-0.2, 0) is 9.53 Å². The fourth-order valence-electron chi connectivity index (χ4n) is 3.61. The Morgan fingerprint density at radius 2 is 2.24 bits per heavy atom. The van der Waals surface area contributed by atoms with Gasteiger partial charge in [-0.2, -0.15) is 5.10 Å². The smallest absolute Gasteiger partial charge is 0.269 e. The number of nitrogens with two attached hydrogens (primary N) is 1. The average Bonchev–Trinajstić information content (AvgIpc) is 3.12. The first-order chi connectivity index (χ1) is 12.1. The molecule has 1 aromatic heterocycles. The number of morpholine rings is 1. The zero-order chi connectivity index (χ0) is 17.8. The molecule has 0 aromatic carbocycles. The maximum atomic E-state index is 12.6. The summed E-state index contributed by atoms with van der Waals surface area (Å²) in [7, 11) is 0. The minimum Gasteiger partial charge on any atom is -0.375 e. The number of nitrogens with zero attached hydrogens (tertiary/aromatic N) is 3. The predicted octanol–water partition coefficient (Wildman–Crippen LogP) is 0.325. The van der Waals surface area contributed by atoms with E-state index < -0.39 is 5.91 Å². The number of carbonyl (C=O) groups excluding carboxylic acids is 2. The molecule has 8 heteroatoms. The van der Waals surface area contributed by atoms with Crippen molar-refractivity contribution in [2.45, 2.75) is 38.2 Å². The first-order valence-corrected chi connectivity index (χ1v) is 9.03. The Morgan fingerprint density at radius 3 is 2.96 bits per heavy atom. The number of ether oxygens (including phenoxy) is 1. The number of hydrogen-bond acceptors (Lipinski definition) is 5. The Balaban J connectivity index is 1.55. The molecule has 2 unspecified atom stereocenters. The summed E-state index contributed by atoms with van der Waals surface area (Å²) in [5, 5.41) is 6.88. The lowest BCUT2D eigenvalue weighted by Crippen LogP contribution is -2.50. The molecular weight excluding hydrogens is 322 g/mol. The van der Waals surface area contributed by atoms with Crippen LogP contribution in [0.1, 0.15) is 48.3 Å². The zero-order valence-electron chi connectivity index (χ0n) is 14.7. The quantitative estimate of drug-likeness (QED) is 0.797. The third-order valence-corrected chi connectivity index (χ3v) is 5.10. The molecule has 2 saturated heterocycles. The second kappa shape index (κ2) is 7.97. The van der Waals surface area contributed by atoms with Gasteiger partial charge in [-0.1, -0.05) is 6.92 Å². The van der Waals surface area contributed by atoms with Gasteiger partial charge in [0.15, 0.2) is 0 Å². The van der Waals surface area contributed by atoms with Crippen molar-refractivity contribution in [3.05, 3.63) is 17.5 Å². The van der Waals surface area contributed by atoms with Gasteiger partial charge in [0.2, 0.25) is 5.91 Å².